The van der Waals surface area contributed by atoms with Crippen LogP contribution in [0, 0.1) is 0 Å². The van der Waals surface area contributed by atoms with Crippen molar-refractivity contribution in [3.8, 4) is 11.5 Å². The highest BCUT2D eigenvalue weighted by Gasteiger charge is 2.20. The summed E-state index contributed by atoms with van der Waals surface area (Å²) >= 11 is 0. The summed E-state index contributed by atoms with van der Waals surface area (Å²) in [5.74, 6) is 1.73. The van der Waals surface area contributed by atoms with Crippen molar-refractivity contribution in [2.24, 2.45) is 0 Å². The second-order valence-corrected chi connectivity index (χ2v) is 4.45. The minimum Gasteiger partial charge on any atom is -0.496 e. The van der Waals surface area contributed by atoms with Gasteiger partial charge >= 0.3 is 0 Å². The first-order chi connectivity index (χ1) is 8.63. The Hall–Kier alpha value is -1.26. The molecule has 4 nitrogen and oxygen atoms in total. The molecular formula is C14H24N2O2. The molecule has 0 aliphatic rings. The van der Waals surface area contributed by atoms with E-state index < -0.39 is 0 Å². The van der Waals surface area contributed by atoms with Crippen molar-refractivity contribution in [1.29, 1.82) is 0 Å². The number of methoxy groups -OCH3 is 2. The maximum absolute atomic E-state index is 5.46. The molecule has 0 aliphatic carbocycles. The van der Waals surface area contributed by atoms with Crippen LogP contribution in [-0.2, 0) is 0 Å². The molecule has 1 atom stereocenters. The van der Waals surface area contributed by atoms with Gasteiger partial charge in [0.15, 0.2) is 0 Å². The molecule has 18 heavy (non-hydrogen) atoms. The van der Waals surface area contributed by atoms with Crippen LogP contribution in [0.3, 0.4) is 0 Å². The van der Waals surface area contributed by atoms with Gasteiger partial charge in [-0.15, -0.1) is 0 Å². The molecule has 1 rings (SSSR count). The lowest BCUT2D eigenvalue weighted by Crippen LogP contribution is -2.31. The van der Waals surface area contributed by atoms with E-state index in [2.05, 4.69) is 31.2 Å². The van der Waals surface area contributed by atoms with Gasteiger partial charge in [0, 0.05) is 6.54 Å². The predicted octanol–water partition coefficient (Wildman–Crippen LogP) is 1.92. The Labute approximate surface area is 110 Å². The van der Waals surface area contributed by atoms with Crippen molar-refractivity contribution in [1.82, 2.24) is 10.2 Å². The van der Waals surface area contributed by atoms with E-state index in [-0.39, 0.29) is 6.04 Å². The fourth-order valence-corrected chi connectivity index (χ4v) is 2.09. The molecule has 0 bridgehead atoms. The molecule has 0 aromatic heterocycles. The number of nitrogens with zero attached hydrogens (tertiary/aromatic N) is 1. The Morgan fingerprint density at radius 2 is 1.72 bits per heavy atom. The Balaban J connectivity index is 3.14. The second kappa shape index (κ2) is 7.24. The number of likely N-dealkylation sites (N-methyl/N-ethyl adjacent to an activating group) is 2. The highest BCUT2D eigenvalue weighted by molar-refractivity contribution is 5.47. The number of benzene rings is 1. The zero-order valence-electron chi connectivity index (χ0n) is 12.0. The average Bonchev–Trinajstić information content (AvgIpc) is 2.36. The third-order valence-electron chi connectivity index (χ3n) is 2.81. The van der Waals surface area contributed by atoms with Crippen molar-refractivity contribution in [3.63, 3.8) is 0 Å². The molecule has 0 saturated heterocycles. The highest BCUT2D eigenvalue weighted by atomic mass is 16.5. The average molecular weight is 252 g/mol. The Bertz CT molecular complexity index is 345. The van der Waals surface area contributed by atoms with E-state index in [1.165, 1.54) is 0 Å². The first kappa shape index (κ1) is 14.8. The van der Waals surface area contributed by atoms with Crippen LogP contribution in [0.1, 0.15) is 18.5 Å². The van der Waals surface area contributed by atoms with Crippen LogP contribution >= 0.6 is 0 Å². The second-order valence-electron chi connectivity index (χ2n) is 4.45. The van der Waals surface area contributed by atoms with Crippen LogP contribution in [0.2, 0.25) is 0 Å². The summed E-state index contributed by atoms with van der Waals surface area (Å²) in [6, 6.07) is 6.08. The van der Waals surface area contributed by atoms with Crippen molar-refractivity contribution in [2.75, 3.05) is 41.4 Å². The molecule has 102 valence electrons. The summed E-state index contributed by atoms with van der Waals surface area (Å²) in [6.07, 6.45) is 0. The topological polar surface area (TPSA) is 33.7 Å². The molecule has 1 unspecified atom stereocenters. The number of hydrogen-bond acceptors (Lipinski definition) is 4. The Morgan fingerprint density at radius 3 is 2.11 bits per heavy atom. The van der Waals surface area contributed by atoms with Gasteiger partial charge in [-0.2, -0.15) is 0 Å². The van der Waals surface area contributed by atoms with Gasteiger partial charge in [0.2, 0.25) is 0 Å². The molecule has 4 heteroatoms. The lowest BCUT2D eigenvalue weighted by molar-refractivity contribution is 0.321. The van der Waals surface area contributed by atoms with Gasteiger partial charge in [-0.05, 0) is 32.8 Å². The predicted molar refractivity (Wildman–Crippen MR) is 74.5 cm³/mol. The SMILES string of the molecule is CCNC(CN(C)C)c1c(OC)cccc1OC. The van der Waals surface area contributed by atoms with Gasteiger partial charge in [0.1, 0.15) is 11.5 Å². The molecular weight excluding hydrogens is 228 g/mol. The maximum atomic E-state index is 5.46. The fraction of sp³-hybridized carbons (Fsp3) is 0.571. The lowest BCUT2D eigenvalue weighted by Gasteiger charge is -2.25. The summed E-state index contributed by atoms with van der Waals surface area (Å²) in [7, 11) is 7.51. The molecule has 0 saturated carbocycles. The molecule has 0 aliphatic heterocycles. The number of hydrogen-bond donors (Lipinski definition) is 1. The Morgan fingerprint density at radius 1 is 1.17 bits per heavy atom. The van der Waals surface area contributed by atoms with Crippen LogP contribution in [0.5, 0.6) is 11.5 Å². The number of ether oxygens (including phenoxy) is 2. The fourth-order valence-electron chi connectivity index (χ4n) is 2.09. The zero-order chi connectivity index (χ0) is 13.5. The molecule has 0 heterocycles. The first-order valence-corrected chi connectivity index (χ1v) is 6.23. The molecule has 0 amide bonds. The molecule has 1 aromatic rings. The Kier molecular flexibility index (Phi) is 5.95. The maximum Gasteiger partial charge on any atom is 0.127 e. The van der Waals surface area contributed by atoms with Crippen LogP contribution in [-0.4, -0.2) is 46.3 Å². The van der Waals surface area contributed by atoms with Crippen molar-refractivity contribution < 1.29 is 9.47 Å². The minimum atomic E-state index is 0.191. The first-order valence-electron chi connectivity index (χ1n) is 6.23. The van der Waals surface area contributed by atoms with Crippen LogP contribution in [0.15, 0.2) is 18.2 Å². The third-order valence-corrected chi connectivity index (χ3v) is 2.81. The summed E-state index contributed by atoms with van der Waals surface area (Å²) in [6.45, 7) is 3.90. The summed E-state index contributed by atoms with van der Waals surface area (Å²) in [5, 5.41) is 3.48. The van der Waals surface area contributed by atoms with Gasteiger partial charge in [-0.1, -0.05) is 13.0 Å². The molecule has 0 fully saturated rings. The minimum absolute atomic E-state index is 0.191. The normalized spacial score (nSPS) is 12.6. The molecule has 0 radical (unpaired) electrons. The molecule has 1 N–H and O–H groups in total. The van der Waals surface area contributed by atoms with Gasteiger partial charge in [-0.25, -0.2) is 0 Å². The van der Waals surface area contributed by atoms with Crippen LogP contribution < -0.4 is 14.8 Å². The van der Waals surface area contributed by atoms with Crippen molar-refractivity contribution in [2.45, 2.75) is 13.0 Å². The van der Waals surface area contributed by atoms with E-state index in [1.54, 1.807) is 14.2 Å². The molecule has 0 spiro atoms. The van der Waals surface area contributed by atoms with Crippen LogP contribution in [0.4, 0.5) is 0 Å². The van der Waals surface area contributed by atoms with Gasteiger partial charge in [-0.3, -0.25) is 0 Å². The van der Waals surface area contributed by atoms with E-state index in [0.717, 1.165) is 30.2 Å². The molecule has 1 aromatic carbocycles. The van der Waals surface area contributed by atoms with Crippen molar-refractivity contribution >= 4 is 0 Å². The van der Waals surface area contributed by atoms with Crippen LogP contribution in [0.25, 0.3) is 0 Å². The lowest BCUT2D eigenvalue weighted by atomic mass is 10.0. The monoisotopic (exact) mass is 252 g/mol. The van der Waals surface area contributed by atoms with E-state index in [0.29, 0.717) is 0 Å². The van der Waals surface area contributed by atoms with E-state index in [9.17, 15) is 0 Å². The van der Waals surface area contributed by atoms with Gasteiger partial charge in [0.05, 0.1) is 25.8 Å². The highest BCUT2D eigenvalue weighted by Crippen LogP contribution is 2.34. The third kappa shape index (κ3) is 3.62. The largest absolute Gasteiger partial charge is 0.496 e. The van der Waals surface area contributed by atoms with E-state index in [4.69, 9.17) is 9.47 Å². The van der Waals surface area contributed by atoms with E-state index >= 15 is 0 Å². The van der Waals surface area contributed by atoms with Gasteiger partial charge < -0.3 is 19.7 Å². The van der Waals surface area contributed by atoms with Crippen molar-refractivity contribution in [3.05, 3.63) is 23.8 Å². The smallest absolute Gasteiger partial charge is 0.127 e. The number of rotatable bonds is 7. The summed E-state index contributed by atoms with van der Waals surface area (Å²) in [4.78, 5) is 2.15. The summed E-state index contributed by atoms with van der Waals surface area (Å²) < 4.78 is 10.9. The van der Waals surface area contributed by atoms with Gasteiger partial charge in [0.25, 0.3) is 0 Å². The quantitative estimate of drug-likeness (QED) is 0.804. The standard InChI is InChI=1S/C14H24N2O2/c1-6-15-11(10-16(2)3)14-12(17-4)8-7-9-13(14)18-5/h7-9,11,15H,6,10H2,1-5H3. The number of nitrogens with one attached hydrogen (secondary N) is 1. The van der Waals surface area contributed by atoms with E-state index in [1.807, 2.05) is 18.2 Å². The summed E-state index contributed by atoms with van der Waals surface area (Å²) in [5.41, 5.74) is 1.08. The zero-order valence-corrected chi connectivity index (χ0v) is 12.0.